The van der Waals surface area contributed by atoms with Gasteiger partial charge in [0.25, 0.3) is 5.91 Å². The fourth-order valence-corrected chi connectivity index (χ4v) is 4.72. The number of ketones is 1. The normalized spacial score (nSPS) is 15.3. The third kappa shape index (κ3) is 4.34. The summed E-state index contributed by atoms with van der Waals surface area (Å²) in [5.41, 5.74) is 2.87. The highest BCUT2D eigenvalue weighted by Gasteiger charge is 2.44. The summed E-state index contributed by atoms with van der Waals surface area (Å²) in [4.78, 5) is 30.7. The molecule has 0 bridgehead atoms. The second-order valence-electron chi connectivity index (χ2n) is 9.25. The monoisotopic (exact) mass is 512 g/mol. The van der Waals surface area contributed by atoms with Crippen LogP contribution in [-0.2, 0) is 11.3 Å². The zero-order chi connectivity index (χ0) is 27.0. The number of aliphatic hydroxyl groups is 1. The predicted octanol–water partition coefficient (Wildman–Crippen LogP) is 5.29. The first-order chi connectivity index (χ1) is 18.3. The van der Waals surface area contributed by atoms with Crippen LogP contribution in [-0.4, -0.2) is 50.0 Å². The molecule has 1 unspecified atom stereocenters. The number of aliphatic hydroxyl groups excluding tert-OH is 1. The molecule has 2 heterocycles. The largest absolute Gasteiger partial charge is 0.503 e. The van der Waals surface area contributed by atoms with E-state index in [1.165, 1.54) is 12.0 Å². The van der Waals surface area contributed by atoms with E-state index < -0.39 is 23.5 Å². The molecule has 38 heavy (non-hydrogen) atoms. The van der Waals surface area contributed by atoms with Crippen LogP contribution >= 0.6 is 0 Å². The van der Waals surface area contributed by atoms with Gasteiger partial charge in [-0.3, -0.25) is 9.59 Å². The van der Waals surface area contributed by atoms with Crippen LogP contribution in [0.4, 0.5) is 5.69 Å². The van der Waals surface area contributed by atoms with Crippen LogP contribution in [0.25, 0.3) is 11.0 Å². The fraction of sp³-hybridized carbons (Fsp3) is 0.200. The molecule has 4 aromatic rings. The van der Waals surface area contributed by atoms with Crippen LogP contribution in [0.15, 0.2) is 88.5 Å². The molecular formula is C30H28N2O6. The Morgan fingerprint density at radius 3 is 2.34 bits per heavy atom. The third-order valence-electron chi connectivity index (χ3n) is 6.74. The third-order valence-corrected chi connectivity index (χ3v) is 6.74. The van der Waals surface area contributed by atoms with E-state index in [1.54, 1.807) is 43.5 Å². The van der Waals surface area contributed by atoms with Crippen LogP contribution in [0, 0.1) is 0 Å². The summed E-state index contributed by atoms with van der Waals surface area (Å²) in [5, 5.41) is 11.7. The number of Topliss-reactive ketones (excluding diaryl/α,β-unsaturated/α-hetero) is 1. The molecule has 1 aromatic heterocycles. The Kier molecular flexibility index (Phi) is 6.55. The van der Waals surface area contributed by atoms with E-state index in [9.17, 15) is 14.7 Å². The second kappa shape index (κ2) is 9.97. The molecule has 0 saturated heterocycles. The maximum atomic E-state index is 13.9. The molecule has 3 aromatic carbocycles. The van der Waals surface area contributed by atoms with E-state index in [2.05, 4.69) is 0 Å². The Hall–Kier alpha value is -4.72. The molecule has 0 saturated carbocycles. The second-order valence-corrected chi connectivity index (χ2v) is 9.25. The Morgan fingerprint density at radius 1 is 1.00 bits per heavy atom. The van der Waals surface area contributed by atoms with Gasteiger partial charge in [-0.15, -0.1) is 0 Å². The summed E-state index contributed by atoms with van der Waals surface area (Å²) in [6, 6.07) is 21.0. The van der Waals surface area contributed by atoms with Crippen LogP contribution in [0.5, 0.6) is 11.5 Å². The SMILES string of the molecule is COc1ccc(CN2C(=O)C(O)=C(C(=O)c3cc4cccc(OC)c4o3)C2c2ccc(N(C)C)cc2)cc1. The Morgan fingerprint density at radius 2 is 1.71 bits per heavy atom. The topological polar surface area (TPSA) is 92.5 Å². The number of methoxy groups -OCH3 is 2. The zero-order valence-corrected chi connectivity index (χ0v) is 21.6. The number of carbonyl (C=O) groups is 2. The standard InChI is InChI=1S/C30H28N2O6/c1-31(2)21-12-10-19(11-13-21)26-25(27(33)24-16-20-6-5-7-23(37-4)29(20)38-24)28(34)30(35)32(26)17-18-8-14-22(36-3)15-9-18/h5-16,26,34H,17H2,1-4H3. The molecule has 0 aliphatic carbocycles. The van der Waals surface area contributed by atoms with Crippen molar-refractivity contribution in [2.24, 2.45) is 0 Å². The van der Waals surface area contributed by atoms with Crippen LogP contribution < -0.4 is 14.4 Å². The van der Waals surface area contributed by atoms with Crippen LogP contribution in [0.2, 0.25) is 0 Å². The maximum absolute atomic E-state index is 13.9. The van der Waals surface area contributed by atoms with Gasteiger partial charge < -0.3 is 28.8 Å². The summed E-state index contributed by atoms with van der Waals surface area (Å²) in [5.74, 6) is -0.584. The summed E-state index contributed by atoms with van der Waals surface area (Å²) in [7, 11) is 6.97. The average Bonchev–Trinajstić information content (AvgIpc) is 3.48. The van der Waals surface area contributed by atoms with Crippen molar-refractivity contribution >= 4 is 28.3 Å². The number of para-hydroxylation sites is 1. The molecule has 1 atom stereocenters. The Bertz CT molecular complexity index is 1530. The van der Waals surface area contributed by atoms with Gasteiger partial charge in [0.05, 0.1) is 25.8 Å². The molecule has 5 rings (SSSR count). The number of furan rings is 1. The number of anilines is 1. The number of ether oxygens (including phenoxy) is 2. The van der Waals surface area contributed by atoms with Crippen molar-refractivity contribution in [1.29, 1.82) is 0 Å². The molecule has 0 fully saturated rings. The number of carbonyl (C=O) groups excluding carboxylic acids is 2. The number of nitrogens with zero attached hydrogens (tertiary/aromatic N) is 2. The van der Waals surface area contributed by atoms with Gasteiger partial charge in [-0.1, -0.05) is 36.4 Å². The van der Waals surface area contributed by atoms with E-state index in [1.807, 2.05) is 55.4 Å². The zero-order valence-electron chi connectivity index (χ0n) is 21.6. The first-order valence-electron chi connectivity index (χ1n) is 12.1. The number of hydrogen-bond acceptors (Lipinski definition) is 7. The maximum Gasteiger partial charge on any atom is 0.290 e. The molecule has 1 aliphatic heterocycles. The lowest BCUT2D eigenvalue weighted by Crippen LogP contribution is -2.30. The van der Waals surface area contributed by atoms with Crippen molar-refractivity contribution in [1.82, 2.24) is 4.90 Å². The highest BCUT2D eigenvalue weighted by molar-refractivity contribution is 6.16. The van der Waals surface area contributed by atoms with E-state index in [0.29, 0.717) is 28.0 Å². The van der Waals surface area contributed by atoms with Gasteiger partial charge in [0.15, 0.2) is 22.9 Å². The molecule has 1 amide bonds. The summed E-state index contributed by atoms with van der Waals surface area (Å²) >= 11 is 0. The number of amides is 1. The van der Waals surface area contributed by atoms with Crippen molar-refractivity contribution < 1.29 is 28.6 Å². The molecular weight excluding hydrogens is 484 g/mol. The molecule has 0 spiro atoms. The van der Waals surface area contributed by atoms with Crippen molar-refractivity contribution in [3.05, 3.63) is 101 Å². The minimum Gasteiger partial charge on any atom is -0.503 e. The van der Waals surface area contributed by atoms with Gasteiger partial charge in [-0.2, -0.15) is 0 Å². The molecule has 8 heteroatoms. The lowest BCUT2D eigenvalue weighted by molar-refractivity contribution is -0.130. The first-order valence-corrected chi connectivity index (χ1v) is 12.1. The predicted molar refractivity (Wildman–Crippen MR) is 144 cm³/mol. The molecule has 8 nitrogen and oxygen atoms in total. The first kappa shape index (κ1) is 25.0. The molecule has 1 N–H and O–H groups in total. The van der Waals surface area contributed by atoms with Crippen molar-refractivity contribution in [3.8, 4) is 11.5 Å². The molecule has 0 radical (unpaired) electrons. The quantitative estimate of drug-likeness (QED) is 0.321. The Labute approximate surface area is 220 Å². The lowest BCUT2D eigenvalue weighted by Gasteiger charge is -2.27. The van der Waals surface area contributed by atoms with Crippen LogP contribution in [0.3, 0.4) is 0 Å². The van der Waals surface area contributed by atoms with E-state index in [4.69, 9.17) is 13.9 Å². The Balaban J connectivity index is 1.58. The van der Waals surface area contributed by atoms with Gasteiger partial charge in [0, 0.05) is 31.7 Å². The minimum absolute atomic E-state index is 0.0139. The van der Waals surface area contributed by atoms with E-state index in [-0.39, 0.29) is 17.9 Å². The summed E-state index contributed by atoms with van der Waals surface area (Å²) in [6.45, 7) is 0.178. The highest BCUT2D eigenvalue weighted by Crippen LogP contribution is 2.41. The minimum atomic E-state index is -0.816. The fourth-order valence-electron chi connectivity index (χ4n) is 4.72. The number of benzene rings is 3. The van der Waals surface area contributed by atoms with Gasteiger partial charge in [-0.25, -0.2) is 0 Å². The van der Waals surface area contributed by atoms with Crippen LogP contribution in [0.1, 0.15) is 27.7 Å². The van der Waals surface area contributed by atoms with E-state index >= 15 is 0 Å². The summed E-state index contributed by atoms with van der Waals surface area (Å²) in [6.07, 6.45) is 0. The van der Waals surface area contributed by atoms with Gasteiger partial charge in [0.1, 0.15) is 5.75 Å². The highest BCUT2D eigenvalue weighted by atomic mass is 16.5. The summed E-state index contributed by atoms with van der Waals surface area (Å²) < 4.78 is 16.5. The smallest absolute Gasteiger partial charge is 0.290 e. The van der Waals surface area contributed by atoms with Crippen molar-refractivity contribution in [2.75, 3.05) is 33.2 Å². The van der Waals surface area contributed by atoms with E-state index in [0.717, 1.165) is 11.3 Å². The van der Waals surface area contributed by atoms with Crippen molar-refractivity contribution in [2.45, 2.75) is 12.6 Å². The van der Waals surface area contributed by atoms with Gasteiger partial charge >= 0.3 is 0 Å². The number of fused-ring (bicyclic) bond motifs is 1. The number of rotatable bonds is 8. The average molecular weight is 513 g/mol. The lowest BCUT2D eigenvalue weighted by atomic mass is 9.94. The number of hydrogen-bond donors (Lipinski definition) is 1. The molecule has 1 aliphatic rings. The van der Waals surface area contributed by atoms with Gasteiger partial charge in [0.2, 0.25) is 5.78 Å². The van der Waals surface area contributed by atoms with Gasteiger partial charge in [-0.05, 0) is 47.5 Å². The molecule has 194 valence electrons. The van der Waals surface area contributed by atoms with Crippen molar-refractivity contribution in [3.63, 3.8) is 0 Å².